The Morgan fingerprint density at radius 1 is 0.473 bits per heavy atom. The Morgan fingerprint density at radius 3 is 1.15 bits per heavy atom. The van der Waals surface area contributed by atoms with E-state index in [2.05, 4.69) is 26.6 Å². The highest BCUT2D eigenvalue weighted by Crippen LogP contribution is 2.38. The number of carbonyl (C=O) groups excluding carboxylic acids is 5. The van der Waals surface area contributed by atoms with Gasteiger partial charge in [-0.2, -0.15) is 0 Å². The first-order valence-electron chi connectivity index (χ1n) is 26.7. The minimum absolute atomic E-state index is 0.0492. The van der Waals surface area contributed by atoms with Gasteiger partial charge in [0.25, 0.3) is 17.7 Å². The number of hydrogen-bond donors (Lipinski definition) is 9. The Hall–Kier alpha value is -8.63. The fourth-order valence-corrected chi connectivity index (χ4v) is 9.48. The van der Waals surface area contributed by atoms with Gasteiger partial charge >= 0.3 is 41.9 Å². The van der Waals surface area contributed by atoms with Crippen LogP contribution in [0, 0.1) is 0 Å². The number of esters is 2. The van der Waals surface area contributed by atoms with Crippen LogP contribution < -0.4 is 38.3 Å². The third-order valence-electron chi connectivity index (χ3n) is 12.1. The fourth-order valence-electron chi connectivity index (χ4n) is 8.13. The highest BCUT2D eigenvalue weighted by atomic mass is 79.9. The molecule has 0 aliphatic carbocycles. The Bertz CT molecular complexity index is 4600. The van der Waals surface area contributed by atoms with Gasteiger partial charge in [-0.3, -0.25) is 28.8 Å². The molecule has 0 fully saturated rings. The van der Waals surface area contributed by atoms with Gasteiger partial charge in [0.1, 0.15) is 59.3 Å². The van der Waals surface area contributed by atoms with Gasteiger partial charge in [0.2, 0.25) is 0 Å². The lowest BCUT2D eigenvalue weighted by atomic mass is 9.80. The Balaban J connectivity index is 0.000000206. The lowest BCUT2D eigenvalue weighted by Crippen LogP contribution is -2.36. The number of carbonyl (C=O) groups is 6. The summed E-state index contributed by atoms with van der Waals surface area (Å²) in [5, 5.41) is 66.3. The second-order valence-corrected chi connectivity index (χ2v) is 24.5. The summed E-state index contributed by atoms with van der Waals surface area (Å²) in [5.41, 5.74) is -3.73. The first-order chi connectivity index (χ1) is 43.5. The summed E-state index contributed by atoms with van der Waals surface area (Å²) in [6, 6.07) is 28.4. The summed E-state index contributed by atoms with van der Waals surface area (Å²) in [7, 11) is -1.50. The van der Waals surface area contributed by atoms with E-state index in [1.165, 1.54) is 36.4 Å². The van der Waals surface area contributed by atoms with E-state index >= 15 is 0 Å². The van der Waals surface area contributed by atoms with Crippen molar-refractivity contribution >= 4 is 167 Å². The van der Waals surface area contributed by atoms with E-state index in [-0.39, 0.29) is 32.9 Å². The molecule has 31 heteroatoms. The van der Waals surface area contributed by atoms with Crippen molar-refractivity contribution in [2.75, 3.05) is 19.6 Å². The van der Waals surface area contributed by atoms with E-state index in [1.54, 1.807) is 114 Å². The van der Waals surface area contributed by atoms with E-state index in [1.807, 2.05) is 5.32 Å². The van der Waals surface area contributed by atoms with Crippen LogP contribution in [0.4, 0.5) is 0 Å². The van der Waals surface area contributed by atoms with Gasteiger partial charge in [-0.25, -0.2) is 14.4 Å². The van der Waals surface area contributed by atoms with Crippen molar-refractivity contribution in [1.29, 1.82) is 0 Å². The summed E-state index contributed by atoms with van der Waals surface area (Å²) in [6.07, 6.45) is 0. The third-order valence-corrected chi connectivity index (χ3v) is 14.9. The lowest BCUT2D eigenvalue weighted by Gasteiger charge is -2.19. The van der Waals surface area contributed by atoms with E-state index < -0.39 is 124 Å². The van der Waals surface area contributed by atoms with Crippen molar-refractivity contribution in [2.45, 2.75) is 52.7 Å². The van der Waals surface area contributed by atoms with Crippen LogP contribution in [0.5, 0.6) is 17.2 Å². The van der Waals surface area contributed by atoms with Gasteiger partial charge in [-0.05, 0) is 135 Å². The fraction of sp³-hybridized carbons (Fsp3) is 0.177. The molecule has 93 heavy (non-hydrogen) atoms. The standard InChI is InChI=1S/C22H19Cl2NO6.C18H11Cl2NO6.C16H16BrNO6.C6H5BCl2O2/c1-22(2,3)31-16(26)10-25-20(28)17-18(27)13-6-4-5-12(19(13)30-21(17)29)11-7-8-14(23)15(24)9-11;19-11-5-4-8(6-12(11)20)9-2-1-3-10-15(24)14(18(26)27-16(9)10)17(25)21-7-13(22)23;1-16(2,3)24-10(19)7-18-14(21)11-12(20)8-5-4-6-9(17)13(8)23-15(11)22;8-5-2-1-4(7(10)11)3-6(5)9/h4-9,27H,10H2,1-3H3,(H,25,28);1-6,24H,7H2,(H,21,25)(H,22,23);4-6,20H,7H2,1-3H3,(H,18,21);1-3,10-11H. The number of para-hydroxylation sites is 3. The Labute approximate surface area is 564 Å². The molecule has 6 aromatic carbocycles. The summed E-state index contributed by atoms with van der Waals surface area (Å²) >= 11 is 38.4. The van der Waals surface area contributed by atoms with Crippen molar-refractivity contribution in [3.8, 4) is 39.5 Å². The zero-order chi connectivity index (χ0) is 69.1. The number of ether oxygens (including phenoxy) is 2. The predicted octanol–water partition coefficient (Wildman–Crippen LogP) is 10.8. The number of hydrogen-bond acceptors (Lipinski definition) is 19. The van der Waals surface area contributed by atoms with Crippen LogP contribution in [-0.4, -0.2) is 104 Å². The van der Waals surface area contributed by atoms with Crippen LogP contribution in [0.3, 0.4) is 0 Å². The topological polar surface area (TPSA) is 369 Å². The highest BCUT2D eigenvalue weighted by Gasteiger charge is 2.27. The molecule has 3 aromatic heterocycles. The monoisotopic (exact) mass is 1460 g/mol. The minimum atomic E-state index is -1.50. The first-order valence-corrected chi connectivity index (χ1v) is 29.8. The van der Waals surface area contributed by atoms with Gasteiger partial charge < -0.3 is 69.1 Å². The number of nitrogens with one attached hydrogen (secondary N) is 3. The number of aromatic hydroxyl groups is 3. The second-order valence-electron chi connectivity index (χ2n) is 21.2. The molecule has 0 unspecified atom stereocenters. The van der Waals surface area contributed by atoms with E-state index in [4.69, 9.17) is 107 Å². The molecule has 0 aliphatic rings. The maximum atomic E-state index is 12.5. The molecule has 0 aliphatic heterocycles. The summed E-state index contributed by atoms with van der Waals surface area (Å²) in [5.74, 6) is -7.26. The first kappa shape index (κ1) is 73.4. The van der Waals surface area contributed by atoms with E-state index in [0.717, 1.165) is 0 Å². The quantitative estimate of drug-likeness (QED) is 0.0312. The molecule has 3 amide bonds. The molecular formula is C62H51BBrCl6N3O20. The van der Waals surface area contributed by atoms with Crippen molar-refractivity contribution in [2.24, 2.45) is 0 Å². The van der Waals surface area contributed by atoms with Gasteiger partial charge in [-0.15, -0.1) is 0 Å². The number of fused-ring (bicyclic) bond motifs is 3. The molecule has 0 saturated heterocycles. The molecule has 0 bridgehead atoms. The largest absolute Gasteiger partial charge is 0.506 e. The van der Waals surface area contributed by atoms with Crippen LogP contribution in [0.15, 0.2) is 141 Å². The lowest BCUT2D eigenvalue weighted by molar-refractivity contribution is -0.154. The van der Waals surface area contributed by atoms with E-state index in [0.29, 0.717) is 62.3 Å². The minimum Gasteiger partial charge on any atom is -0.506 e. The van der Waals surface area contributed by atoms with Gasteiger partial charge in [0.05, 0.1) is 50.8 Å². The summed E-state index contributed by atoms with van der Waals surface area (Å²) < 4.78 is 26.3. The maximum absolute atomic E-state index is 12.5. The smallest absolute Gasteiger partial charge is 0.488 e. The number of carboxylic acid groups (broad SMARTS) is 1. The number of aliphatic carboxylic acids is 1. The molecule has 0 atom stereocenters. The van der Waals surface area contributed by atoms with Gasteiger partial charge in [0, 0.05) is 11.1 Å². The average molecular weight is 1460 g/mol. The molecule has 9 N–H and O–H groups in total. The number of halogens is 7. The molecule has 9 aromatic rings. The molecule has 0 spiro atoms. The normalized spacial score (nSPS) is 11.0. The number of carboxylic acids is 1. The van der Waals surface area contributed by atoms with Crippen molar-refractivity contribution < 1.29 is 82.0 Å². The second kappa shape index (κ2) is 31.3. The molecule has 9 rings (SSSR count). The predicted molar refractivity (Wildman–Crippen MR) is 354 cm³/mol. The zero-order valence-corrected chi connectivity index (χ0v) is 55.3. The van der Waals surface area contributed by atoms with Gasteiger partial charge in [-0.1, -0.05) is 118 Å². The summed E-state index contributed by atoms with van der Waals surface area (Å²) in [4.78, 5) is 107. The Morgan fingerprint density at radius 2 is 0.806 bits per heavy atom. The van der Waals surface area contributed by atoms with E-state index in [9.17, 15) is 58.5 Å². The van der Waals surface area contributed by atoms with Crippen LogP contribution >= 0.6 is 85.5 Å². The van der Waals surface area contributed by atoms with Gasteiger partial charge in [0.15, 0.2) is 22.3 Å². The molecule has 486 valence electrons. The zero-order valence-electron chi connectivity index (χ0n) is 49.1. The van der Waals surface area contributed by atoms with Crippen molar-refractivity contribution in [1.82, 2.24) is 16.0 Å². The van der Waals surface area contributed by atoms with Crippen molar-refractivity contribution in [3.63, 3.8) is 0 Å². The Kier molecular flexibility index (Phi) is 24.7. The number of amides is 3. The van der Waals surface area contributed by atoms with Crippen LogP contribution in [0.1, 0.15) is 72.6 Å². The molecular weight excluding hydrogens is 1410 g/mol. The van der Waals surface area contributed by atoms with Crippen molar-refractivity contribution in [3.05, 3.63) is 192 Å². The molecule has 23 nitrogen and oxygen atoms in total. The number of benzene rings is 6. The number of rotatable bonds is 12. The average Bonchev–Trinajstić information content (AvgIpc) is 0.782. The summed E-state index contributed by atoms with van der Waals surface area (Å²) in [6.45, 7) is 8.49. The molecule has 3 heterocycles. The van der Waals surface area contributed by atoms with Crippen LogP contribution in [0.25, 0.3) is 55.2 Å². The maximum Gasteiger partial charge on any atom is 0.488 e. The molecule has 0 radical (unpaired) electrons. The highest BCUT2D eigenvalue weighted by molar-refractivity contribution is 9.10. The van der Waals surface area contributed by atoms with Crippen LogP contribution in [-0.2, 0) is 23.9 Å². The third kappa shape index (κ3) is 19.2. The SMILES string of the molecule is CC(C)(C)OC(=O)CNC(=O)c1c(O)c2cccc(-c3ccc(Cl)c(Cl)c3)c2oc1=O.CC(C)(C)OC(=O)CNC(=O)c1c(O)c2cccc(Br)c2oc1=O.O=C(O)CNC(=O)c1c(O)c2cccc(-c3ccc(Cl)c(Cl)c3)c2oc1=O.OB(O)c1ccc(Cl)c(Cl)c1. The van der Waals surface area contributed by atoms with Crippen LogP contribution in [0.2, 0.25) is 30.1 Å². The molecule has 0 saturated carbocycles.